The number of rotatable bonds is 17. The second-order valence-corrected chi connectivity index (χ2v) is 20.5. The molecule has 0 aliphatic carbocycles. The van der Waals surface area contributed by atoms with Crippen LogP contribution in [0.25, 0.3) is 22.4 Å². The zero-order valence-corrected chi connectivity index (χ0v) is 40.8. The summed E-state index contributed by atoms with van der Waals surface area (Å²) in [5, 5.41) is 29.2. The van der Waals surface area contributed by atoms with Gasteiger partial charge in [0.05, 0.1) is 27.2 Å². The maximum absolute atomic E-state index is 13.7. The molecule has 0 spiro atoms. The van der Waals surface area contributed by atoms with Crippen LogP contribution in [0.3, 0.4) is 0 Å². The first kappa shape index (κ1) is 48.4. The Morgan fingerprint density at radius 1 is 0.853 bits per heavy atom. The number of amides is 1. The minimum absolute atomic E-state index is 0.150. The lowest BCUT2D eigenvalue weighted by atomic mass is 9.96. The van der Waals surface area contributed by atoms with Crippen LogP contribution >= 0.6 is 23.4 Å². The van der Waals surface area contributed by atoms with Gasteiger partial charge in [-0.3, -0.25) is 19.6 Å². The number of carbonyl (C=O) groups is 1. The van der Waals surface area contributed by atoms with E-state index in [2.05, 4.69) is 46.8 Å². The van der Waals surface area contributed by atoms with E-state index >= 15 is 0 Å². The molecule has 1 amide bonds. The molecule has 0 bridgehead atoms. The van der Waals surface area contributed by atoms with Gasteiger partial charge >= 0.3 is 0 Å². The second-order valence-electron chi connectivity index (χ2n) is 17.3. The van der Waals surface area contributed by atoms with E-state index in [9.17, 15) is 28.4 Å². The molecule has 0 saturated carbocycles. The van der Waals surface area contributed by atoms with Crippen molar-refractivity contribution in [3.8, 4) is 22.4 Å². The van der Waals surface area contributed by atoms with Gasteiger partial charge in [-0.05, 0) is 110 Å². The van der Waals surface area contributed by atoms with Crippen molar-refractivity contribution >= 4 is 67.7 Å². The number of anilines is 4. The molecule has 1 aromatic heterocycles. The number of piperidine rings is 1. The van der Waals surface area contributed by atoms with Gasteiger partial charge in [0.25, 0.3) is 21.6 Å². The summed E-state index contributed by atoms with van der Waals surface area (Å²) in [6.07, 6.45) is 1.87. The molecular formula is C51H57ClN8O6S2. The number of hydrogen-bond acceptors (Lipinski definition) is 11. The first-order valence-corrected chi connectivity index (χ1v) is 25.7. The average Bonchev–Trinajstić information content (AvgIpc) is 3.62. The van der Waals surface area contributed by atoms with Crippen molar-refractivity contribution in [2.24, 2.45) is 7.05 Å². The zero-order chi connectivity index (χ0) is 48.0. The van der Waals surface area contributed by atoms with Gasteiger partial charge in [-0.15, -0.1) is 11.8 Å². The Morgan fingerprint density at radius 3 is 2.19 bits per heavy atom. The molecule has 2 aliphatic rings. The van der Waals surface area contributed by atoms with Crippen LogP contribution < -0.4 is 25.2 Å². The van der Waals surface area contributed by atoms with Crippen LogP contribution in [-0.2, 0) is 17.1 Å². The number of carbonyl (C=O) groups excluding carboxylic acids is 1. The van der Waals surface area contributed by atoms with E-state index in [1.54, 1.807) is 30.9 Å². The lowest BCUT2D eigenvalue weighted by molar-refractivity contribution is -0.384. The largest absolute Gasteiger partial charge is 0.393 e. The molecule has 68 heavy (non-hydrogen) atoms. The molecule has 5 aromatic carbocycles. The number of nitro benzene ring substituents is 1. The number of halogens is 1. The normalized spacial score (nSPS) is 15.2. The zero-order valence-electron chi connectivity index (χ0n) is 38.4. The summed E-state index contributed by atoms with van der Waals surface area (Å²) in [4.78, 5) is 33.0. The van der Waals surface area contributed by atoms with E-state index in [0.29, 0.717) is 28.4 Å². The van der Waals surface area contributed by atoms with E-state index in [1.807, 2.05) is 92.8 Å². The van der Waals surface area contributed by atoms with Gasteiger partial charge in [0.15, 0.2) is 0 Å². The lowest BCUT2D eigenvalue weighted by Crippen LogP contribution is -2.46. The van der Waals surface area contributed by atoms with E-state index in [0.717, 1.165) is 109 Å². The number of nitro groups is 1. The first-order chi connectivity index (χ1) is 32.8. The molecule has 0 unspecified atom stereocenters. The number of nitrogens with one attached hydrogen (secondary N) is 3. The van der Waals surface area contributed by atoms with Crippen LogP contribution in [0.5, 0.6) is 0 Å². The molecule has 8 rings (SSSR count). The molecule has 1 atom stereocenters. The molecule has 356 valence electrons. The van der Waals surface area contributed by atoms with Crippen LogP contribution in [-0.4, -0.2) is 105 Å². The minimum Gasteiger partial charge on any atom is -0.393 e. The Balaban J connectivity index is 0.921. The third kappa shape index (κ3) is 11.3. The summed E-state index contributed by atoms with van der Waals surface area (Å²) in [7, 11) is -0.565. The van der Waals surface area contributed by atoms with Gasteiger partial charge in [0, 0.05) is 116 Å². The fourth-order valence-corrected chi connectivity index (χ4v) is 11.2. The van der Waals surface area contributed by atoms with Crippen molar-refractivity contribution in [3.63, 3.8) is 0 Å². The Labute approximate surface area is 407 Å². The molecule has 2 aliphatic heterocycles. The SMILES string of the molecule is CNC(=O)c1c(-c2cccc(N3CCN(c4ccc(NS(=O)(=O)c5ccc(N[C@H](CCN6CCC(O)CC6)CSc6ccccc6)c([N+](=O)[O-])c5)cc4)CC3)c2)c(-c2ccc(Cl)cc2)n(C)c1C. The number of hydrogen-bond donors (Lipinski definition) is 4. The maximum Gasteiger partial charge on any atom is 0.293 e. The van der Waals surface area contributed by atoms with Crippen molar-refractivity contribution in [3.05, 3.63) is 148 Å². The molecule has 0 radical (unpaired) electrons. The first-order valence-electron chi connectivity index (χ1n) is 22.8. The summed E-state index contributed by atoms with van der Waals surface area (Å²) in [5.74, 6) is 0.487. The van der Waals surface area contributed by atoms with Crippen molar-refractivity contribution in [2.45, 2.75) is 48.1 Å². The quantitative estimate of drug-likeness (QED) is 0.0391. The standard InChI is InChI=1S/C51H57ClN8O6S2/c1-35-48(51(62)53-2)49(50(56(35)3)36-12-14-38(52)15-13-36)37-8-7-9-42(32-37)59-30-28-58(29-31-59)41-18-16-39(17-19-41)55-68(65,66)45-20-21-46(47(33-45)60(63)64)54-40(34-67-44-10-5-4-6-11-44)22-25-57-26-23-43(61)24-27-57/h4-21,32-33,40,43,54-55,61H,22-31,34H2,1-3H3,(H,53,62)/t40-/m1/s1. The average molecular weight is 978 g/mol. The lowest BCUT2D eigenvalue weighted by Gasteiger charge is -2.37. The Kier molecular flexibility index (Phi) is 15.3. The van der Waals surface area contributed by atoms with Gasteiger partial charge in [-0.2, -0.15) is 0 Å². The van der Waals surface area contributed by atoms with Gasteiger partial charge in [-0.1, -0.05) is 54.1 Å². The van der Waals surface area contributed by atoms with Crippen LogP contribution in [0, 0.1) is 17.0 Å². The number of benzene rings is 5. The summed E-state index contributed by atoms with van der Waals surface area (Å²) < 4.78 is 32.1. The highest BCUT2D eigenvalue weighted by molar-refractivity contribution is 7.99. The fraction of sp³-hybridized carbons (Fsp3) is 0.314. The highest BCUT2D eigenvalue weighted by Crippen LogP contribution is 2.41. The van der Waals surface area contributed by atoms with Gasteiger partial charge in [0.1, 0.15) is 5.69 Å². The number of nitrogens with zero attached hydrogens (tertiary/aromatic N) is 5. The number of thioether (sulfide) groups is 1. The molecule has 6 aromatic rings. The predicted molar refractivity (Wildman–Crippen MR) is 275 cm³/mol. The Morgan fingerprint density at radius 2 is 1.53 bits per heavy atom. The van der Waals surface area contributed by atoms with Gasteiger partial charge in [-0.25, -0.2) is 8.42 Å². The van der Waals surface area contributed by atoms with Crippen molar-refractivity contribution in [1.82, 2.24) is 14.8 Å². The molecular weight excluding hydrogens is 920 g/mol. The van der Waals surface area contributed by atoms with Crippen LogP contribution in [0.4, 0.5) is 28.4 Å². The Bertz CT molecular complexity index is 2830. The number of aliphatic hydroxyl groups is 1. The molecule has 2 saturated heterocycles. The molecule has 17 heteroatoms. The van der Waals surface area contributed by atoms with Crippen molar-refractivity contribution in [2.75, 3.05) is 78.5 Å². The van der Waals surface area contributed by atoms with Crippen LogP contribution in [0.2, 0.25) is 5.02 Å². The number of aliphatic hydroxyl groups excluding tert-OH is 1. The monoisotopic (exact) mass is 976 g/mol. The second kappa shape index (κ2) is 21.5. The summed E-state index contributed by atoms with van der Waals surface area (Å²) in [5.41, 5.74) is 7.40. The van der Waals surface area contributed by atoms with Crippen LogP contribution in [0.15, 0.2) is 131 Å². The number of piperazine rings is 1. The predicted octanol–water partition coefficient (Wildman–Crippen LogP) is 9.14. The van der Waals surface area contributed by atoms with E-state index in [-0.39, 0.29) is 34.3 Å². The smallest absolute Gasteiger partial charge is 0.293 e. The van der Waals surface area contributed by atoms with E-state index < -0.39 is 14.9 Å². The number of sulfonamides is 1. The van der Waals surface area contributed by atoms with E-state index in [1.165, 1.54) is 12.1 Å². The van der Waals surface area contributed by atoms with Crippen LogP contribution in [0.1, 0.15) is 35.3 Å². The minimum atomic E-state index is -4.18. The highest BCUT2D eigenvalue weighted by Gasteiger charge is 2.28. The van der Waals surface area contributed by atoms with Gasteiger partial charge in [0.2, 0.25) is 0 Å². The number of likely N-dealkylation sites (tertiary alicyclic amines) is 1. The van der Waals surface area contributed by atoms with Crippen molar-refractivity contribution < 1.29 is 23.2 Å². The highest BCUT2D eigenvalue weighted by atomic mass is 35.5. The molecule has 2 fully saturated rings. The maximum atomic E-state index is 13.7. The third-order valence-corrected chi connectivity index (χ3v) is 15.7. The molecule has 4 N–H and O–H groups in total. The summed E-state index contributed by atoms with van der Waals surface area (Å²) in [6.45, 7) is 7.22. The fourth-order valence-electron chi connectivity index (χ4n) is 9.03. The molecule has 3 heterocycles. The van der Waals surface area contributed by atoms with E-state index in [4.69, 9.17) is 11.6 Å². The Hall–Kier alpha value is -6.04. The topological polar surface area (TPSA) is 165 Å². The van der Waals surface area contributed by atoms with Crippen molar-refractivity contribution in [1.29, 1.82) is 0 Å². The third-order valence-electron chi connectivity index (χ3n) is 12.9. The summed E-state index contributed by atoms with van der Waals surface area (Å²) >= 11 is 7.91. The van der Waals surface area contributed by atoms with Gasteiger partial charge < -0.3 is 35.0 Å². The molecule has 14 nitrogen and oxygen atoms in total. The number of aromatic nitrogens is 1. The summed E-state index contributed by atoms with van der Waals surface area (Å²) in [6, 6.07) is 36.9.